The Balaban J connectivity index is 1.96. The average molecular weight is 621 g/mol. The molecule has 0 amide bonds. The van der Waals surface area contributed by atoms with Crippen LogP contribution in [0.4, 0.5) is 52.7 Å². The number of fused-ring (bicyclic) bond motifs is 3. The second-order valence-electron chi connectivity index (χ2n) is 10.1. The third-order valence-electron chi connectivity index (χ3n) is 7.00. The molecule has 3 aromatic carbocycles. The highest BCUT2D eigenvalue weighted by molar-refractivity contribution is 6.11. The fourth-order valence-electron chi connectivity index (χ4n) is 5.12. The first-order chi connectivity index (χ1) is 19.2. The third-order valence-corrected chi connectivity index (χ3v) is 7.00. The molecule has 3 rings (SSSR count). The molecule has 0 aliphatic heterocycles. The number of aryl methyl sites for hydroxylation is 4. The van der Waals surface area contributed by atoms with Gasteiger partial charge in [0.2, 0.25) is 0 Å². The van der Waals surface area contributed by atoms with Crippen LogP contribution in [0.5, 0.6) is 0 Å². The van der Waals surface area contributed by atoms with E-state index < -0.39 is 60.9 Å². The summed E-state index contributed by atoms with van der Waals surface area (Å²) < 4.78 is 155. The molecule has 234 valence electrons. The summed E-state index contributed by atoms with van der Waals surface area (Å²) in [5.41, 5.74) is 2.89. The van der Waals surface area contributed by atoms with Crippen LogP contribution in [-0.4, -0.2) is 48.1 Å². The Morgan fingerprint density at radius 2 is 0.810 bits per heavy atom. The summed E-state index contributed by atoms with van der Waals surface area (Å²) in [5.74, 6) is 0. The smallest absolute Gasteiger partial charge is 0.155 e. The second-order valence-corrected chi connectivity index (χ2v) is 10.1. The summed E-state index contributed by atoms with van der Waals surface area (Å²) in [6.45, 7) is 0.979. The van der Waals surface area contributed by atoms with E-state index in [1.165, 1.54) is 0 Å². The number of alkyl halides is 12. The summed E-state index contributed by atoms with van der Waals surface area (Å²) in [6, 6.07) is 10.9. The van der Waals surface area contributed by atoms with E-state index >= 15 is 0 Å². The van der Waals surface area contributed by atoms with Crippen molar-refractivity contribution in [2.45, 2.75) is 77.6 Å². The summed E-state index contributed by atoms with van der Waals surface area (Å²) in [4.78, 5) is -3.00. The highest BCUT2D eigenvalue weighted by Crippen LogP contribution is 2.38. The number of rotatable bonds is 10. The molecule has 0 aliphatic rings. The number of hydrogen-bond donors (Lipinski definition) is 0. The van der Waals surface area contributed by atoms with E-state index in [4.69, 9.17) is 0 Å². The molecule has 14 heteroatoms. The van der Waals surface area contributed by atoms with E-state index in [0.29, 0.717) is 21.9 Å². The van der Waals surface area contributed by atoms with Crippen molar-refractivity contribution >= 4 is 21.5 Å². The maximum absolute atomic E-state index is 12.9. The lowest BCUT2D eigenvalue weighted by Gasteiger charge is -2.27. The first-order valence-electron chi connectivity index (χ1n) is 13.0. The van der Waals surface area contributed by atoms with Gasteiger partial charge in [-0.15, -0.1) is 9.80 Å². The first kappa shape index (κ1) is 33.8. The second kappa shape index (κ2) is 12.5. The van der Waals surface area contributed by atoms with E-state index in [1.54, 1.807) is 19.1 Å². The minimum absolute atomic E-state index is 0.0551. The third kappa shape index (κ3) is 8.21. The molecule has 0 N–H and O–H groups in total. The minimum Gasteiger partial charge on any atom is -0.155 e. The predicted molar refractivity (Wildman–Crippen MR) is 134 cm³/mol. The molecule has 0 aromatic heterocycles. The van der Waals surface area contributed by atoms with Gasteiger partial charge in [0.05, 0.1) is 0 Å². The van der Waals surface area contributed by atoms with Gasteiger partial charge in [0.1, 0.15) is 0 Å². The Kier molecular flexibility index (Phi) is 10.0. The van der Waals surface area contributed by atoms with Gasteiger partial charge in [0, 0.05) is 13.1 Å². The molecule has 0 saturated carbocycles. The molecule has 0 radical (unpaired) electrons. The molecule has 0 aliphatic carbocycles. The van der Waals surface area contributed by atoms with Gasteiger partial charge in [-0.3, -0.25) is 0 Å². The van der Waals surface area contributed by atoms with Gasteiger partial charge in [0.25, 0.3) is 0 Å². The summed E-state index contributed by atoms with van der Waals surface area (Å²) in [5, 5.41) is 2.89. The van der Waals surface area contributed by atoms with Gasteiger partial charge in [0.15, 0.2) is 0 Å². The number of hydrogen-bond acceptors (Lipinski definition) is 2. The number of benzene rings is 3. The van der Waals surface area contributed by atoms with Crippen molar-refractivity contribution in [3.63, 3.8) is 0 Å². The van der Waals surface area contributed by atoms with Gasteiger partial charge in [-0.25, -0.2) is 0 Å². The summed E-state index contributed by atoms with van der Waals surface area (Å²) >= 11 is 0. The predicted octanol–water partition coefficient (Wildman–Crippen LogP) is 9.94. The van der Waals surface area contributed by atoms with E-state index in [0.717, 1.165) is 21.9 Å². The molecule has 0 heterocycles. The van der Waals surface area contributed by atoms with Gasteiger partial charge < -0.3 is 0 Å². The summed E-state index contributed by atoms with van der Waals surface area (Å²) in [6.07, 6.45) is -23.4. The quantitative estimate of drug-likeness (QED) is 0.0964. The standard InChI is InChI=1S/C28H28F12N2/c1-17-9-11-21-19(7-3-5-13-41(25(29,30)31)26(32,33)34)20(23-15-18(2)10-12-22(23)24(21)16-17)8-4-6-14-42(27(35,36)37)28(38,39)40/h9-12,15-16H,3-8,13-14H2,1-2H3. The highest BCUT2D eigenvalue weighted by Gasteiger charge is 2.54. The zero-order valence-electron chi connectivity index (χ0n) is 22.6. The molecule has 0 unspecified atom stereocenters. The molecule has 2 nitrogen and oxygen atoms in total. The zero-order chi connectivity index (χ0) is 31.7. The lowest BCUT2D eigenvalue weighted by molar-refractivity contribution is -0.374. The van der Waals surface area contributed by atoms with Crippen LogP contribution in [0, 0.1) is 13.8 Å². The number of unbranched alkanes of at least 4 members (excludes halogenated alkanes) is 2. The van der Waals surface area contributed by atoms with E-state index in [2.05, 4.69) is 0 Å². The van der Waals surface area contributed by atoms with Crippen LogP contribution in [0.3, 0.4) is 0 Å². The maximum atomic E-state index is 12.9. The molecule has 0 saturated heterocycles. The Bertz CT molecular complexity index is 1340. The topological polar surface area (TPSA) is 6.48 Å². The Hall–Kier alpha value is -2.74. The largest absolute Gasteiger partial charge is 0.467 e. The van der Waals surface area contributed by atoms with Crippen LogP contribution in [0.2, 0.25) is 0 Å². The van der Waals surface area contributed by atoms with Crippen molar-refractivity contribution in [1.82, 2.24) is 9.80 Å². The Morgan fingerprint density at radius 3 is 1.21 bits per heavy atom. The Labute approximate surface area is 233 Å². The van der Waals surface area contributed by atoms with Gasteiger partial charge in [-0.2, -0.15) is 52.7 Å². The van der Waals surface area contributed by atoms with Crippen LogP contribution >= 0.6 is 0 Å². The van der Waals surface area contributed by atoms with Gasteiger partial charge in [-0.1, -0.05) is 47.5 Å². The minimum atomic E-state index is -5.62. The van der Waals surface area contributed by atoms with Crippen LogP contribution in [-0.2, 0) is 12.8 Å². The molecule has 42 heavy (non-hydrogen) atoms. The highest BCUT2D eigenvalue weighted by atomic mass is 19.4. The van der Waals surface area contributed by atoms with Crippen molar-refractivity contribution in [2.24, 2.45) is 0 Å². The molecular weight excluding hydrogens is 592 g/mol. The number of nitrogens with zero attached hydrogens (tertiary/aromatic N) is 2. The van der Waals surface area contributed by atoms with E-state index in [1.807, 2.05) is 31.2 Å². The molecule has 0 fully saturated rings. The molecule has 0 bridgehead atoms. The first-order valence-corrected chi connectivity index (χ1v) is 13.0. The van der Waals surface area contributed by atoms with Crippen LogP contribution < -0.4 is 0 Å². The van der Waals surface area contributed by atoms with E-state index in [9.17, 15) is 52.7 Å². The lowest BCUT2D eigenvalue weighted by atomic mass is 9.86. The Morgan fingerprint density at radius 1 is 0.452 bits per heavy atom. The fraction of sp³-hybridized carbons (Fsp3) is 0.500. The lowest BCUT2D eigenvalue weighted by Crippen LogP contribution is -2.48. The maximum Gasteiger partial charge on any atom is 0.467 e. The van der Waals surface area contributed by atoms with Crippen molar-refractivity contribution in [2.75, 3.05) is 13.1 Å². The zero-order valence-corrected chi connectivity index (χ0v) is 22.6. The van der Waals surface area contributed by atoms with Crippen molar-refractivity contribution in [1.29, 1.82) is 0 Å². The van der Waals surface area contributed by atoms with Crippen molar-refractivity contribution in [3.8, 4) is 0 Å². The summed E-state index contributed by atoms with van der Waals surface area (Å²) in [7, 11) is 0. The van der Waals surface area contributed by atoms with Gasteiger partial charge >= 0.3 is 25.2 Å². The molecule has 0 atom stereocenters. The molecular formula is C28H28F12N2. The molecule has 3 aromatic rings. The number of halogens is 12. The monoisotopic (exact) mass is 620 g/mol. The van der Waals surface area contributed by atoms with Gasteiger partial charge in [-0.05, 0) is 85.0 Å². The fourth-order valence-corrected chi connectivity index (χ4v) is 5.12. The SMILES string of the molecule is Cc1ccc2c(c1)c(CCCCN(C(F)(F)F)C(F)(F)F)c(CCCCN(C(F)(F)F)C(F)(F)F)c1ccc(C)cc12. The average Bonchev–Trinajstić information content (AvgIpc) is 2.81. The van der Waals surface area contributed by atoms with Crippen LogP contribution in [0.25, 0.3) is 21.5 Å². The van der Waals surface area contributed by atoms with Crippen molar-refractivity contribution in [3.05, 3.63) is 58.7 Å². The van der Waals surface area contributed by atoms with Crippen LogP contribution in [0.15, 0.2) is 36.4 Å². The molecule has 0 spiro atoms. The normalized spacial score (nSPS) is 13.7. The van der Waals surface area contributed by atoms with Crippen LogP contribution in [0.1, 0.15) is 47.9 Å². The van der Waals surface area contributed by atoms with E-state index in [-0.39, 0.29) is 25.7 Å². The van der Waals surface area contributed by atoms with Crippen molar-refractivity contribution < 1.29 is 52.7 Å².